The first-order valence-corrected chi connectivity index (χ1v) is 10.6. The second-order valence-electron chi connectivity index (χ2n) is 6.50. The van der Waals surface area contributed by atoms with Crippen molar-refractivity contribution in [2.45, 2.75) is 17.7 Å². The molecule has 0 spiro atoms. The topological polar surface area (TPSA) is 94.2 Å². The van der Waals surface area contributed by atoms with Gasteiger partial charge in [-0.25, -0.2) is 8.42 Å². The molecule has 2 aromatic rings. The molecule has 1 aliphatic rings. The van der Waals surface area contributed by atoms with Gasteiger partial charge in [-0.2, -0.15) is 4.31 Å². The maximum Gasteiger partial charge on any atom is 0.259 e. The lowest BCUT2D eigenvalue weighted by Gasteiger charge is -2.16. The Balaban J connectivity index is 1.81. The van der Waals surface area contributed by atoms with Crippen LogP contribution in [0.2, 0.25) is 0 Å². The van der Waals surface area contributed by atoms with Crippen molar-refractivity contribution in [2.75, 3.05) is 39.7 Å². The van der Waals surface area contributed by atoms with Crippen LogP contribution in [-0.4, -0.2) is 53.0 Å². The van der Waals surface area contributed by atoms with Crippen molar-refractivity contribution in [3.63, 3.8) is 0 Å². The van der Waals surface area contributed by atoms with Gasteiger partial charge >= 0.3 is 0 Å². The maximum atomic E-state index is 12.7. The normalized spacial score (nSPS) is 14.4. The number of hydrogen-bond acceptors (Lipinski definition) is 6. The highest BCUT2D eigenvalue weighted by Crippen LogP contribution is 2.35. The highest BCUT2D eigenvalue weighted by atomic mass is 32.2. The quantitative estimate of drug-likeness (QED) is 0.740. The molecule has 0 aromatic heterocycles. The van der Waals surface area contributed by atoms with E-state index in [4.69, 9.17) is 14.2 Å². The summed E-state index contributed by atoms with van der Waals surface area (Å²) in [6.07, 6.45) is 1.75. The predicted octanol–water partition coefficient (Wildman–Crippen LogP) is 2.75. The average molecular weight is 420 g/mol. The van der Waals surface area contributed by atoms with Crippen LogP contribution in [0.3, 0.4) is 0 Å². The van der Waals surface area contributed by atoms with Gasteiger partial charge in [-0.05, 0) is 37.1 Å². The van der Waals surface area contributed by atoms with Gasteiger partial charge in [0.25, 0.3) is 5.91 Å². The van der Waals surface area contributed by atoms with Crippen LogP contribution < -0.4 is 19.5 Å². The summed E-state index contributed by atoms with van der Waals surface area (Å²) in [4.78, 5) is 12.9. The number of amides is 1. The highest BCUT2D eigenvalue weighted by molar-refractivity contribution is 7.89. The van der Waals surface area contributed by atoms with E-state index in [1.807, 2.05) is 0 Å². The second-order valence-corrected chi connectivity index (χ2v) is 8.44. The molecule has 9 heteroatoms. The fourth-order valence-corrected chi connectivity index (χ4v) is 4.71. The van der Waals surface area contributed by atoms with E-state index in [9.17, 15) is 13.2 Å². The average Bonchev–Trinajstić information content (AvgIpc) is 3.29. The molecule has 1 heterocycles. The van der Waals surface area contributed by atoms with Gasteiger partial charge < -0.3 is 19.5 Å². The van der Waals surface area contributed by atoms with Gasteiger partial charge in [0, 0.05) is 30.9 Å². The molecular formula is C20H24N2O6S. The fraction of sp³-hybridized carbons (Fsp3) is 0.350. The molecule has 0 radical (unpaired) electrons. The van der Waals surface area contributed by atoms with Crippen molar-refractivity contribution in [2.24, 2.45) is 0 Å². The summed E-state index contributed by atoms with van der Waals surface area (Å²) in [5, 5.41) is 2.75. The molecule has 0 atom stereocenters. The lowest BCUT2D eigenvalue weighted by Crippen LogP contribution is -2.27. The molecule has 1 saturated heterocycles. The molecule has 29 heavy (non-hydrogen) atoms. The summed E-state index contributed by atoms with van der Waals surface area (Å²) in [6.45, 7) is 1.08. The van der Waals surface area contributed by atoms with E-state index in [2.05, 4.69) is 5.32 Å². The molecule has 1 amide bonds. The first kappa shape index (κ1) is 20.9. The van der Waals surface area contributed by atoms with Crippen molar-refractivity contribution in [1.82, 2.24) is 4.31 Å². The first-order chi connectivity index (χ1) is 13.9. The number of nitrogens with zero attached hydrogens (tertiary/aromatic N) is 1. The van der Waals surface area contributed by atoms with Gasteiger partial charge in [0.2, 0.25) is 10.0 Å². The molecule has 1 aliphatic heterocycles. The molecule has 0 aliphatic carbocycles. The van der Waals surface area contributed by atoms with E-state index in [1.165, 1.54) is 43.8 Å². The van der Waals surface area contributed by atoms with E-state index >= 15 is 0 Å². The van der Waals surface area contributed by atoms with E-state index in [0.717, 1.165) is 12.8 Å². The number of benzene rings is 2. The lowest BCUT2D eigenvalue weighted by atomic mass is 10.1. The van der Waals surface area contributed by atoms with Crippen LogP contribution in [0.5, 0.6) is 17.2 Å². The molecule has 0 saturated carbocycles. The number of rotatable bonds is 7. The Labute approximate surface area is 170 Å². The Bertz CT molecular complexity index is 983. The standard InChI is InChI=1S/C20H24N2O6S/c1-26-17-13-19(28-3)18(27-2)12-16(17)20(23)21-14-6-8-15(9-7-14)29(24,25)22-10-4-5-11-22/h6-9,12-13H,4-5,10-11H2,1-3H3,(H,21,23). The van der Waals surface area contributed by atoms with Gasteiger partial charge in [0.15, 0.2) is 11.5 Å². The molecule has 1 N–H and O–H groups in total. The lowest BCUT2D eigenvalue weighted by molar-refractivity contribution is 0.102. The number of carbonyl (C=O) groups is 1. The molecule has 1 fully saturated rings. The first-order valence-electron chi connectivity index (χ1n) is 9.12. The summed E-state index contributed by atoms with van der Waals surface area (Å²) < 4.78 is 42.4. The van der Waals surface area contributed by atoms with Crippen molar-refractivity contribution in [1.29, 1.82) is 0 Å². The number of hydrogen-bond donors (Lipinski definition) is 1. The zero-order chi connectivity index (χ0) is 21.0. The van der Waals surface area contributed by atoms with Crippen LogP contribution in [0, 0.1) is 0 Å². The monoisotopic (exact) mass is 420 g/mol. The van der Waals surface area contributed by atoms with Crippen LogP contribution in [0.1, 0.15) is 23.2 Å². The van der Waals surface area contributed by atoms with Gasteiger partial charge in [-0.1, -0.05) is 0 Å². The van der Waals surface area contributed by atoms with Gasteiger partial charge in [0.05, 0.1) is 31.8 Å². The molecule has 8 nitrogen and oxygen atoms in total. The van der Waals surface area contributed by atoms with Crippen molar-refractivity contribution in [3.05, 3.63) is 42.0 Å². The molecule has 0 bridgehead atoms. The van der Waals surface area contributed by atoms with Crippen molar-refractivity contribution < 1.29 is 27.4 Å². The number of methoxy groups -OCH3 is 3. The molecule has 2 aromatic carbocycles. The Morgan fingerprint density at radius 3 is 2.00 bits per heavy atom. The highest BCUT2D eigenvalue weighted by Gasteiger charge is 2.27. The third-order valence-corrected chi connectivity index (χ3v) is 6.68. The number of sulfonamides is 1. The number of anilines is 1. The van der Waals surface area contributed by atoms with Gasteiger partial charge in [-0.3, -0.25) is 4.79 Å². The summed E-state index contributed by atoms with van der Waals surface area (Å²) in [6, 6.07) is 9.21. The van der Waals surface area contributed by atoms with Crippen LogP contribution in [0.15, 0.2) is 41.3 Å². The minimum absolute atomic E-state index is 0.209. The second kappa shape index (κ2) is 8.71. The summed E-state index contributed by atoms with van der Waals surface area (Å²) in [5.41, 5.74) is 0.728. The molecular weight excluding hydrogens is 396 g/mol. The van der Waals surface area contributed by atoms with Gasteiger partial charge in [-0.15, -0.1) is 0 Å². The molecule has 156 valence electrons. The third-order valence-electron chi connectivity index (χ3n) is 4.77. The van der Waals surface area contributed by atoms with Crippen molar-refractivity contribution in [3.8, 4) is 17.2 Å². The Kier molecular flexibility index (Phi) is 6.29. The van der Waals surface area contributed by atoms with Gasteiger partial charge in [0.1, 0.15) is 5.75 Å². The maximum absolute atomic E-state index is 12.7. The van der Waals surface area contributed by atoms with E-state index < -0.39 is 15.9 Å². The van der Waals surface area contributed by atoms with Crippen LogP contribution in [0.25, 0.3) is 0 Å². The minimum Gasteiger partial charge on any atom is -0.496 e. The number of ether oxygens (including phenoxy) is 3. The zero-order valence-corrected chi connectivity index (χ0v) is 17.4. The van der Waals surface area contributed by atoms with Crippen LogP contribution >= 0.6 is 0 Å². The third kappa shape index (κ3) is 4.30. The van der Waals surface area contributed by atoms with E-state index in [0.29, 0.717) is 36.0 Å². The Morgan fingerprint density at radius 1 is 0.897 bits per heavy atom. The van der Waals surface area contributed by atoms with Crippen LogP contribution in [0.4, 0.5) is 5.69 Å². The number of nitrogens with one attached hydrogen (secondary N) is 1. The van der Waals surface area contributed by atoms with E-state index in [-0.39, 0.29) is 10.5 Å². The van der Waals surface area contributed by atoms with Crippen LogP contribution in [-0.2, 0) is 10.0 Å². The Hall–Kier alpha value is -2.78. The smallest absolute Gasteiger partial charge is 0.259 e. The minimum atomic E-state index is -3.49. The predicted molar refractivity (Wildman–Crippen MR) is 108 cm³/mol. The zero-order valence-electron chi connectivity index (χ0n) is 16.6. The fourth-order valence-electron chi connectivity index (χ4n) is 3.19. The number of carbonyl (C=O) groups excluding carboxylic acids is 1. The SMILES string of the molecule is COc1cc(OC)c(C(=O)Nc2ccc(S(=O)(=O)N3CCCC3)cc2)cc1OC. The summed E-state index contributed by atoms with van der Waals surface area (Å²) in [5.74, 6) is 0.745. The Morgan fingerprint density at radius 2 is 1.45 bits per heavy atom. The van der Waals surface area contributed by atoms with E-state index in [1.54, 1.807) is 18.2 Å². The van der Waals surface area contributed by atoms with Crippen molar-refractivity contribution >= 4 is 21.6 Å². The largest absolute Gasteiger partial charge is 0.496 e. The summed E-state index contributed by atoms with van der Waals surface area (Å²) in [7, 11) is 0.934. The summed E-state index contributed by atoms with van der Waals surface area (Å²) >= 11 is 0. The molecule has 3 rings (SSSR count). The molecule has 0 unspecified atom stereocenters.